The van der Waals surface area contributed by atoms with Crippen LogP contribution in [0.3, 0.4) is 0 Å². The number of hydrogen-bond acceptors (Lipinski definition) is 4. The molecule has 1 aliphatic rings. The summed E-state index contributed by atoms with van der Waals surface area (Å²) in [6.45, 7) is 0. The minimum absolute atomic E-state index is 0.000374. The maximum atomic E-state index is 12.2. The van der Waals surface area contributed by atoms with Crippen LogP contribution in [0.1, 0.15) is 24.8 Å². The second-order valence-corrected chi connectivity index (χ2v) is 8.75. The molecule has 0 radical (unpaired) electrons. The molecule has 1 aliphatic carbocycles. The first-order valence-electron chi connectivity index (χ1n) is 8.88. The summed E-state index contributed by atoms with van der Waals surface area (Å²) >= 11 is 0. The van der Waals surface area contributed by atoms with Gasteiger partial charge in [-0.3, -0.25) is 9.59 Å². The highest BCUT2D eigenvalue weighted by Crippen LogP contribution is 2.19. The summed E-state index contributed by atoms with van der Waals surface area (Å²) in [7, 11) is -3.48. The molecule has 0 unspecified atom stereocenters. The molecule has 1 fully saturated rings. The van der Waals surface area contributed by atoms with Crippen molar-refractivity contribution in [2.75, 3.05) is 11.1 Å². The number of rotatable bonds is 8. The Bertz CT molecular complexity index is 905. The minimum atomic E-state index is -3.48. The molecule has 2 amide bonds. The van der Waals surface area contributed by atoms with Crippen molar-refractivity contribution in [3.63, 3.8) is 0 Å². The van der Waals surface area contributed by atoms with Gasteiger partial charge in [0.1, 0.15) is 0 Å². The molecule has 0 bridgehead atoms. The highest BCUT2D eigenvalue weighted by Gasteiger charge is 2.23. The van der Waals surface area contributed by atoms with Crippen LogP contribution < -0.4 is 10.6 Å². The van der Waals surface area contributed by atoms with Crippen molar-refractivity contribution in [3.8, 4) is 0 Å². The first-order valence-corrected chi connectivity index (χ1v) is 10.5. The smallest absolute Gasteiger partial charge is 0.225 e. The van der Waals surface area contributed by atoms with Crippen LogP contribution in [0.2, 0.25) is 0 Å². The Balaban J connectivity index is 1.48. The van der Waals surface area contributed by atoms with E-state index in [2.05, 4.69) is 10.6 Å². The average molecular weight is 386 g/mol. The Morgan fingerprint density at radius 2 is 1.59 bits per heavy atom. The number of carbonyl (C=O) groups is 2. The Kier molecular flexibility index (Phi) is 5.91. The van der Waals surface area contributed by atoms with Gasteiger partial charge in [0.05, 0.1) is 17.1 Å². The SMILES string of the molecule is O=C(CCS(=O)(=O)c1ccccc1)Nc1ccc(CC(=O)NC2CC2)cc1. The Labute approximate surface area is 158 Å². The fourth-order valence-corrected chi connectivity index (χ4v) is 3.86. The summed E-state index contributed by atoms with van der Waals surface area (Å²) in [5.74, 6) is -0.614. The van der Waals surface area contributed by atoms with Gasteiger partial charge in [0.2, 0.25) is 11.8 Å². The van der Waals surface area contributed by atoms with Crippen molar-refractivity contribution in [2.24, 2.45) is 0 Å². The van der Waals surface area contributed by atoms with Crippen LogP contribution in [-0.4, -0.2) is 32.0 Å². The normalized spacial score (nSPS) is 13.8. The Hall–Kier alpha value is -2.67. The van der Waals surface area contributed by atoms with E-state index in [4.69, 9.17) is 0 Å². The molecule has 2 aromatic carbocycles. The van der Waals surface area contributed by atoms with E-state index in [1.54, 1.807) is 42.5 Å². The second-order valence-electron chi connectivity index (χ2n) is 6.65. The molecule has 0 saturated heterocycles. The maximum Gasteiger partial charge on any atom is 0.225 e. The Morgan fingerprint density at radius 3 is 2.22 bits per heavy atom. The topological polar surface area (TPSA) is 92.3 Å². The number of nitrogens with one attached hydrogen (secondary N) is 2. The number of carbonyl (C=O) groups excluding carboxylic acids is 2. The molecule has 6 nitrogen and oxygen atoms in total. The predicted molar refractivity (Wildman–Crippen MR) is 103 cm³/mol. The monoisotopic (exact) mass is 386 g/mol. The molecule has 7 heteroatoms. The molecule has 2 N–H and O–H groups in total. The zero-order valence-electron chi connectivity index (χ0n) is 14.9. The van der Waals surface area contributed by atoms with Crippen LogP contribution in [0.15, 0.2) is 59.5 Å². The van der Waals surface area contributed by atoms with Crippen LogP contribution in [0.25, 0.3) is 0 Å². The standard InChI is InChI=1S/C20H22N2O4S/c23-19(12-13-27(25,26)18-4-2-1-3-5-18)21-16-8-6-15(7-9-16)14-20(24)22-17-10-11-17/h1-9,17H,10-14H2,(H,21,23)(H,22,24). The van der Waals surface area contributed by atoms with Crippen LogP contribution >= 0.6 is 0 Å². The van der Waals surface area contributed by atoms with E-state index in [0.717, 1.165) is 18.4 Å². The van der Waals surface area contributed by atoms with Gasteiger partial charge in [-0.2, -0.15) is 0 Å². The summed E-state index contributed by atoms with van der Waals surface area (Å²) in [5, 5.41) is 5.61. The lowest BCUT2D eigenvalue weighted by atomic mass is 10.1. The number of amides is 2. The molecule has 0 spiro atoms. The van der Waals surface area contributed by atoms with Gasteiger partial charge in [-0.15, -0.1) is 0 Å². The largest absolute Gasteiger partial charge is 0.353 e. The summed E-state index contributed by atoms with van der Waals surface area (Å²) in [6, 6.07) is 15.4. The molecule has 2 aromatic rings. The lowest BCUT2D eigenvalue weighted by Gasteiger charge is -2.08. The molecule has 142 valence electrons. The lowest BCUT2D eigenvalue weighted by molar-refractivity contribution is -0.120. The third kappa shape index (κ3) is 5.92. The van der Waals surface area contributed by atoms with E-state index >= 15 is 0 Å². The van der Waals surface area contributed by atoms with E-state index < -0.39 is 9.84 Å². The lowest BCUT2D eigenvalue weighted by Crippen LogP contribution is -2.26. The van der Waals surface area contributed by atoms with Gasteiger partial charge < -0.3 is 10.6 Å². The van der Waals surface area contributed by atoms with Gasteiger partial charge in [-0.25, -0.2) is 8.42 Å². The quantitative estimate of drug-likeness (QED) is 0.728. The molecular formula is C20H22N2O4S. The van der Waals surface area contributed by atoms with Gasteiger partial charge in [-0.05, 0) is 42.7 Å². The van der Waals surface area contributed by atoms with Gasteiger partial charge in [0.25, 0.3) is 0 Å². The number of anilines is 1. The molecule has 1 saturated carbocycles. The fraction of sp³-hybridized carbons (Fsp3) is 0.300. The number of hydrogen-bond donors (Lipinski definition) is 2. The number of benzene rings is 2. The zero-order chi connectivity index (χ0) is 19.3. The van der Waals surface area contributed by atoms with Crippen LogP contribution in [0, 0.1) is 0 Å². The van der Waals surface area contributed by atoms with Crippen LogP contribution in [0.4, 0.5) is 5.69 Å². The molecular weight excluding hydrogens is 364 g/mol. The van der Waals surface area contributed by atoms with E-state index in [1.165, 1.54) is 12.1 Å². The fourth-order valence-electron chi connectivity index (χ4n) is 2.59. The highest BCUT2D eigenvalue weighted by molar-refractivity contribution is 7.91. The molecule has 0 aliphatic heterocycles. The molecule has 0 atom stereocenters. The van der Waals surface area contributed by atoms with Crippen molar-refractivity contribution in [2.45, 2.75) is 36.6 Å². The molecule has 0 aromatic heterocycles. The van der Waals surface area contributed by atoms with Crippen molar-refractivity contribution in [3.05, 3.63) is 60.2 Å². The van der Waals surface area contributed by atoms with Gasteiger partial charge >= 0.3 is 0 Å². The zero-order valence-corrected chi connectivity index (χ0v) is 15.7. The molecule has 27 heavy (non-hydrogen) atoms. The minimum Gasteiger partial charge on any atom is -0.353 e. The first kappa shape index (κ1) is 19.1. The van der Waals surface area contributed by atoms with Gasteiger partial charge in [0.15, 0.2) is 9.84 Å². The highest BCUT2D eigenvalue weighted by atomic mass is 32.2. The van der Waals surface area contributed by atoms with Crippen molar-refractivity contribution in [1.29, 1.82) is 0 Å². The summed E-state index contributed by atoms with van der Waals surface area (Å²) in [5.41, 5.74) is 1.43. The first-order chi connectivity index (χ1) is 12.9. The maximum absolute atomic E-state index is 12.2. The summed E-state index contributed by atoms with van der Waals surface area (Å²) < 4.78 is 24.4. The molecule has 0 heterocycles. The van der Waals surface area contributed by atoms with Gasteiger partial charge in [0, 0.05) is 18.2 Å². The van der Waals surface area contributed by atoms with E-state index in [0.29, 0.717) is 18.2 Å². The van der Waals surface area contributed by atoms with Crippen molar-refractivity contribution in [1.82, 2.24) is 5.32 Å². The average Bonchev–Trinajstić information content (AvgIpc) is 3.46. The van der Waals surface area contributed by atoms with E-state index in [9.17, 15) is 18.0 Å². The van der Waals surface area contributed by atoms with Gasteiger partial charge in [-0.1, -0.05) is 30.3 Å². The van der Waals surface area contributed by atoms with Crippen molar-refractivity contribution >= 4 is 27.3 Å². The van der Waals surface area contributed by atoms with Crippen molar-refractivity contribution < 1.29 is 18.0 Å². The van der Waals surface area contributed by atoms with E-state index in [1.807, 2.05) is 0 Å². The Morgan fingerprint density at radius 1 is 0.926 bits per heavy atom. The molecule has 3 rings (SSSR count). The van der Waals surface area contributed by atoms with Crippen LogP contribution in [0.5, 0.6) is 0 Å². The number of sulfone groups is 1. The van der Waals surface area contributed by atoms with Crippen LogP contribution in [-0.2, 0) is 25.8 Å². The third-order valence-electron chi connectivity index (χ3n) is 4.25. The van der Waals surface area contributed by atoms with E-state index in [-0.39, 0.29) is 28.9 Å². The predicted octanol–water partition coefficient (Wildman–Crippen LogP) is 2.31. The third-order valence-corrected chi connectivity index (χ3v) is 5.98. The second kappa shape index (κ2) is 8.35. The summed E-state index contributed by atoms with van der Waals surface area (Å²) in [4.78, 5) is 24.0. The summed E-state index contributed by atoms with van der Waals surface area (Å²) in [6.07, 6.45) is 2.29.